The molecule has 2 aliphatic rings. The van der Waals surface area contributed by atoms with E-state index in [9.17, 15) is 13.6 Å². The Morgan fingerprint density at radius 2 is 2.07 bits per heavy atom. The number of nitrogens with zero attached hydrogens (tertiary/aromatic N) is 2. The van der Waals surface area contributed by atoms with Gasteiger partial charge in [0.2, 0.25) is 0 Å². The highest BCUT2D eigenvalue weighted by Gasteiger charge is 2.36. The summed E-state index contributed by atoms with van der Waals surface area (Å²) in [6.07, 6.45) is 6.61. The van der Waals surface area contributed by atoms with Crippen LogP contribution < -0.4 is 10.2 Å². The van der Waals surface area contributed by atoms with Crippen molar-refractivity contribution >= 4 is 22.4 Å². The van der Waals surface area contributed by atoms with Crippen LogP contribution in [-0.2, 0) is 14.2 Å². The largest absolute Gasteiger partial charge is 0.465 e. The highest BCUT2D eigenvalue weighted by molar-refractivity contribution is 7.17. The number of methoxy groups -OCH3 is 2. The lowest BCUT2D eigenvalue weighted by atomic mass is 9.92. The molecule has 3 rings (SSSR count). The summed E-state index contributed by atoms with van der Waals surface area (Å²) in [6.45, 7) is -2.25. The van der Waals surface area contributed by atoms with Crippen LogP contribution in [0.5, 0.6) is 0 Å². The molecule has 28 heavy (non-hydrogen) atoms. The molecule has 2 fully saturated rings. The molecule has 1 saturated heterocycles. The number of thiazole rings is 1. The topological polar surface area (TPSA) is 72.9 Å². The molecule has 1 aromatic heterocycles. The molecule has 10 heteroatoms. The first-order valence-electron chi connectivity index (χ1n) is 9.49. The Hall–Kier alpha value is -1.36. The first-order chi connectivity index (χ1) is 13.5. The van der Waals surface area contributed by atoms with Crippen molar-refractivity contribution in [1.82, 2.24) is 10.3 Å². The summed E-state index contributed by atoms with van der Waals surface area (Å²) in [7, 11) is 3.06. The zero-order chi connectivity index (χ0) is 20.1. The Bertz CT molecular complexity index is 640. The van der Waals surface area contributed by atoms with Gasteiger partial charge in [0.05, 0.1) is 32.1 Å². The third-order valence-corrected chi connectivity index (χ3v) is 6.45. The van der Waals surface area contributed by atoms with Gasteiger partial charge in [-0.05, 0) is 32.1 Å². The maximum Gasteiger partial charge on any atom is 0.349 e. The summed E-state index contributed by atoms with van der Waals surface area (Å²) in [6, 6.07) is 0.328. The maximum absolute atomic E-state index is 12.6. The van der Waals surface area contributed by atoms with Crippen LogP contribution in [0.3, 0.4) is 0 Å². The summed E-state index contributed by atoms with van der Waals surface area (Å²) < 4.78 is 39.9. The van der Waals surface area contributed by atoms with Crippen LogP contribution >= 0.6 is 11.3 Å². The fourth-order valence-corrected chi connectivity index (χ4v) is 4.92. The van der Waals surface area contributed by atoms with Crippen molar-refractivity contribution in [3.05, 3.63) is 11.1 Å². The Balaban J connectivity index is 1.63. The van der Waals surface area contributed by atoms with Crippen molar-refractivity contribution in [3.8, 4) is 0 Å². The number of nitrogens with one attached hydrogen (secondary N) is 1. The predicted molar refractivity (Wildman–Crippen MR) is 101 cm³/mol. The number of carbonyl (C=O) groups is 1. The maximum atomic E-state index is 12.6. The average molecular weight is 419 g/mol. The predicted octanol–water partition coefficient (Wildman–Crippen LogP) is 2.66. The van der Waals surface area contributed by atoms with E-state index in [1.165, 1.54) is 24.6 Å². The number of rotatable bonds is 8. The van der Waals surface area contributed by atoms with Crippen LogP contribution in [0.4, 0.5) is 13.9 Å². The van der Waals surface area contributed by atoms with Crippen molar-refractivity contribution in [2.24, 2.45) is 0 Å². The summed E-state index contributed by atoms with van der Waals surface area (Å²) in [5.74, 6) is -0.451. The van der Waals surface area contributed by atoms with Gasteiger partial charge in [-0.3, -0.25) is 0 Å². The Kier molecular flexibility index (Phi) is 7.55. The van der Waals surface area contributed by atoms with Gasteiger partial charge in [0.25, 0.3) is 0 Å². The normalized spacial score (nSPS) is 28.1. The van der Waals surface area contributed by atoms with Crippen LogP contribution in [0.1, 0.15) is 41.8 Å². The molecule has 1 N–H and O–H groups in total. The molecule has 2 atom stereocenters. The van der Waals surface area contributed by atoms with E-state index in [0.717, 1.165) is 25.7 Å². The summed E-state index contributed by atoms with van der Waals surface area (Å²) >= 11 is 1.21. The Morgan fingerprint density at radius 1 is 1.32 bits per heavy atom. The fourth-order valence-electron chi connectivity index (χ4n) is 4.00. The molecule has 0 bridgehead atoms. The summed E-state index contributed by atoms with van der Waals surface area (Å²) in [5, 5.41) is 4.29. The fraction of sp³-hybridized carbons (Fsp3) is 0.778. The molecule has 1 saturated carbocycles. The van der Waals surface area contributed by atoms with Crippen molar-refractivity contribution in [2.75, 3.05) is 32.3 Å². The molecule has 0 aromatic carbocycles. The molecule has 2 heterocycles. The van der Waals surface area contributed by atoms with Gasteiger partial charge < -0.3 is 24.4 Å². The first-order valence-corrected chi connectivity index (χ1v) is 10.3. The Labute approximate surface area is 167 Å². The lowest BCUT2D eigenvalue weighted by Crippen LogP contribution is -2.42. The molecule has 1 aliphatic carbocycles. The molecule has 0 amide bonds. The first kappa shape index (κ1) is 21.4. The number of hydrogen-bond acceptors (Lipinski definition) is 8. The van der Waals surface area contributed by atoms with Gasteiger partial charge >= 0.3 is 12.6 Å². The number of ether oxygens (including phenoxy) is 3. The third-order valence-electron chi connectivity index (χ3n) is 5.43. The monoisotopic (exact) mass is 419 g/mol. The van der Waals surface area contributed by atoms with Gasteiger partial charge in [0.15, 0.2) is 5.13 Å². The third kappa shape index (κ3) is 5.37. The number of esters is 1. The van der Waals surface area contributed by atoms with E-state index in [4.69, 9.17) is 9.47 Å². The van der Waals surface area contributed by atoms with E-state index in [2.05, 4.69) is 15.0 Å². The quantitative estimate of drug-likeness (QED) is 0.650. The number of anilines is 1. The van der Waals surface area contributed by atoms with E-state index < -0.39 is 12.6 Å². The number of alkyl halides is 2. The van der Waals surface area contributed by atoms with E-state index >= 15 is 0 Å². The van der Waals surface area contributed by atoms with Crippen molar-refractivity contribution < 1.29 is 27.8 Å². The minimum Gasteiger partial charge on any atom is -0.465 e. The van der Waals surface area contributed by atoms with Crippen LogP contribution in [0.2, 0.25) is 0 Å². The van der Waals surface area contributed by atoms with Gasteiger partial charge in [0.1, 0.15) is 4.88 Å². The standard InChI is InChI=1S/C18H27F2N3O4S/c1-25-14-5-3-11(4-6-14)22-12-7-13(10-27-17(19)20)23(9-12)18-21-8-15(28-18)16(24)26-2/h8,11-14,17,22H,3-7,9-10H2,1-2H3/t11?,12-,13-,14?/m0/s1. The van der Waals surface area contributed by atoms with Gasteiger partial charge in [0, 0.05) is 25.7 Å². The number of hydrogen-bond donors (Lipinski definition) is 1. The molecule has 0 radical (unpaired) electrons. The molecular weight excluding hydrogens is 392 g/mol. The number of carbonyl (C=O) groups excluding carboxylic acids is 1. The molecule has 0 spiro atoms. The highest BCUT2D eigenvalue weighted by atomic mass is 32.1. The zero-order valence-electron chi connectivity index (χ0n) is 16.1. The molecule has 1 aromatic rings. The number of halogens is 2. The van der Waals surface area contributed by atoms with Gasteiger partial charge in [-0.1, -0.05) is 11.3 Å². The minimum absolute atomic E-state index is 0.0839. The van der Waals surface area contributed by atoms with E-state index in [1.54, 1.807) is 7.11 Å². The molecule has 1 aliphatic heterocycles. The van der Waals surface area contributed by atoms with Crippen molar-refractivity contribution in [1.29, 1.82) is 0 Å². The van der Waals surface area contributed by atoms with Crippen LogP contribution in [-0.4, -0.2) is 69.2 Å². The summed E-state index contributed by atoms with van der Waals surface area (Å²) in [4.78, 5) is 18.3. The van der Waals surface area contributed by atoms with Crippen LogP contribution in [0.15, 0.2) is 6.20 Å². The van der Waals surface area contributed by atoms with Crippen molar-refractivity contribution in [3.63, 3.8) is 0 Å². The molecule has 0 unspecified atom stereocenters. The lowest BCUT2D eigenvalue weighted by Gasteiger charge is -2.30. The lowest BCUT2D eigenvalue weighted by molar-refractivity contribution is -0.131. The molecular formula is C18H27F2N3O4S. The average Bonchev–Trinajstić information content (AvgIpc) is 3.33. The Morgan fingerprint density at radius 3 is 2.71 bits per heavy atom. The van der Waals surface area contributed by atoms with Crippen molar-refractivity contribution in [2.45, 2.75) is 62.9 Å². The summed E-state index contributed by atoms with van der Waals surface area (Å²) in [5.41, 5.74) is 0. The van der Waals surface area contributed by atoms with E-state index in [0.29, 0.717) is 35.1 Å². The molecule has 158 valence electrons. The number of aromatic nitrogens is 1. The van der Waals surface area contributed by atoms with Crippen LogP contribution in [0.25, 0.3) is 0 Å². The second-order valence-electron chi connectivity index (χ2n) is 7.21. The van der Waals surface area contributed by atoms with Gasteiger partial charge in [-0.15, -0.1) is 0 Å². The zero-order valence-corrected chi connectivity index (χ0v) is 16.9. The van der Waals surface area contributed by atoms with E-state index in [-0.39, 0.29) is 18.7 Å². The SMILES string of the molecule is COC(=O)c1cnc(N2C[C@@H](NC3CCC(OC)CC3)C[C@H]2COC(F)F)s1. The molecule has 7 nitrogen and oxygen atoms in total. The second kappa shape index (κ2) is 9.91. The van der Waals surface area contributed by atoms with Gasteiger partial charge in [-0.2, -0.15) is 8.78 Å². The van der Waals surface area contributed by atoms with Gasteiger partial charge in [-0.25, -0.2) is 9.78 Å². The van der Waals surface area contributed by atoms with E-state index in [1.807, 2.05) is 4.90 Å². The smallest absolute Gasteiger partial charge is 0.349 e. The highest BCUT2D eigenvalue weighted by Crippen LogP contribution is 2.31. The minimum atomic E-state index is -2.81. The van der Waals surface area contributed by atoms with Crippen LogP contribution in [0, 0.1) is 0 Å². The second-order valence-corrected chi connectivity index (χ2v) is 8.22.